The number of alkyl halides is 3. The van der Waals surface area contributed by atoms with Gasteiger partial charge in [-0.2, -0.15) is 13.2 Å². The number of halogens is 4. The predicted molar refractivity (Wildman–Crippen MR) is 77.1 cm³/mol. The molecule has 2 aliphatic rings. The number of hydrogen-bond acceptors (Lipinski definition) is 2. The highest BCUT2D eigenvalue weighted by molar-refractivity contribution is 5.85. The van der Waals surface area contributed by atoms with Crippen molar-refractivity contribution in [1.29, 1.82) is 0 Å². The topological polar surface area (TPSA) is 55.1 Å². The molecule has 4 atom stereocenters. The Morgan fingerprint density at radius 1 is 1.14 bits per heavy atom. The molecular formula is C14H24ClF3N2O. The summed E-state index contributed by atoms with van der Waals surface area (Å²) in [6.07, 6.45) is -0.0156. The Kier molecular flexibility index (Phi) is 6.78. The van der Waals surface area contributed by atoms with Crippen molar-refractivity contribution in [3.8, 4) is 0 Å². The molecule has 0 heterocycles. The molecule has 3 N–H and O–H groups in total. The molecule has 0 bridgehead atoms. The van der Waals surface area contributed by atoms with E-state index < -0.39 is 12.1 Å². The molecule has 2 aliphatic carbocycles. The molecule has 0 radical (unpaired) electrons. The van der Waals surface area contributed by atoms with Crippen LogP contribution >= 0.6 is 12.4 Å². The van der Waals surface area contributed by atoms with Gasteiger partial charge in [-0.1, -0.05) is 12.8 Å². The molecule has 1 amide bonds. The first kappa shape index (κ1) is 18.6. The first-order valence-corrected chi connectivity index (χ1v) is 7.49. The second-order valence-electron chi connectivity index (χ2n) is 6.14. The number of rotatable bonds is 3. The third-order valence-electron chi connectivity index (χ3n) is 4.78. The third kappa shape index (κ3) is 4.74. The normalized spacial score (nSPS) is 33.3. The van der Waals surface area contributed by atoms with Crippen LogP contribution in [0.2, 0.25) is 0 Å². The lowest BCUT2D eigenvalue weighted by Gasteiger charge is -2.32. The predicted octanol–water partition coefficient (Wildman–Crippen LogP) is 3.02. The van der Waals surface area contributed by atoms with Gasteiger partial charge in [-0.3, -0.25) is 4.79 Å². The Morgan fingerprint density at radius 3 is 2.43 bits per heavy atom. The van der Waals surface area contributed by atoms with Crippen LogP contribution in [0.15, 0.2) is 0 Å². The quantitative estimate of drug-likeness (QED) is 0.836. The highest BCUT2D eigenvalue weighted by atomic mass is 35.5. The lowest BCUT2D eigenvalue weighted by Crippen LogP contribution is -2.45. The number of carbonyl (C=O) groups is 1. The zero-order chi connectivity index (χ0) is 14.8. The SMILES string of the molecule is Cl.NC[C@H]1CCC[C@H]1C(=O)NC1CCCC(C(F)(F)F)C1. The summed E-state index contributed by atoms with van der Waals surface area (Å²) in [5.41, 5.74) is 5.65. The van der Waals surface area contributed by atoms with E-state index in [1.165, 1.54) is 0 Å². The number of amides is 1. The van der Waals surface area contributed by atoms with Gasteiger partial charge < -0.3 is 11.1 Å². The van der Waals surface area contributed by atoms with Crippen LogP contribution in [0, 0.1) is 17.8 Å². The molecule has 0 aliphatic heterocycles. The maximum atomic E-state index is 12.7. The van der Waals surface area contributed by atoms with Crippen LogP contribution < -0.4 is 11.1 Å². The van der Waals surface area contributed by atoms with Crippen molar-refractivity contribution in [2.75, 3.05) is 6.54 Å². The standard InChI is InChI=1S/C14H23F3N2O.ClH/c15-14(16,17)10-4-2-5-11(7-10)19-13(20)12-6-1-3-9(12)8-18;/h9-12H,1-8,18H2,(H,19,20);1H/t9-,10?,11?,12-;/m1./s1. The number of carbonyl (C=O) groups excluding carboxylic acids is 1. The van der Waals surface area contributed by atoms with Crippen molar-refractivity contribution < 1.29 is 18.0 Å². The molecule has 0 aromatic rings. The summed E-state index contributed by atoms with van der Waals surface area (Å²) in [5.74, 6) is -1.27. The van der Waals surface area contributed by atoms with Crippen LogP contribution in [0.1, 0.15) is 44.9 Å². The van der Waals surface area contributed by atoms with Crippen LogP contribution in [0.5, 0.6) is 0 Å². The lowest BCUT2D eigenvalue weighted by atomic mass is 9.84. The van der Waals surface area contributed by atoms with Crippen molar-refractivity contribution in [1.82, 2.24) is 5.32 Å². The maximum Gasteiger partial charge on any atom is 0.391 e. The summed E-state index contributed by atoms with van der Waals surface area (Å²) in [4.78, 5) is 12.2. The molecule has 3 nitrogen and oxygen atoms in total. The molecule has 2 fully saturated rings. The van der Waals surface area contributed by atoms with Gasteiger partial charge in [-0.05, 0) is 44.6 Å². The van der Waals surface area contributed by atoms with Gasteiger partial charge in [0.25, 0.3) is 0 Å². The monoisotopic (exact) mass is 328 g/mol. The van der Waals surface area contributed by atoms with Gasteiger partial charge >= 0.3 is 6.18 Å². The van der Waals surface area contributed by atoms with Crippen molar-refractivity contribution >= 4 is 18.3 Å². The van der Waals surface area contributed by atoms with E-state index in [0.29, 0.717) is 19.4 Å². The smallest absolute Gasteiger partial charge is 0.353 e. The molecule has 0 saturated heterocycles. The van der Waals surface area contributed by atoms with Gasteiger partial charge in [0, 0.05) is 12.0 Å². The molecule has 7 heteroatoms. The average Bonchev–Trinajstić information content (AvgIpc) is 2.86. The van der Waals surface area contributed by atoms with Crippen molar-refractivity contribution in [2.45, 2.75) is 57.2 Å². The van der Waals surface area contributed by atoms with Crippen LogP contribution in [0.4, 0.5) is 13.2 Å². The first-order chi connectivity index (χ1) is 9.41. The molecule has 0 spiro atoms. The summed E-state index contributed by atoms with van der Waals surface area (Å²) in [7, 11) is 0. The molecule has 21 heavy (non-hydrogen) atoms. The van der Waals surface area contributed by atoms with E-state index >= 15 is 0 Å². The van der Waals surface area contributed by atoms with Crippen LogP contribution in [0.3, 0.4) is 0 Å². The van der Waals surface area contributed by atoms with E-state index in [-0.39, 0.29) is 49.0 Å². The second kappa shape index (κ2) is 7.68. The van der Waals surface area contributed by atoms with Crippen molar-refractivity contribution in [2.24, 2.45) is 23.5 Å². The van der Waals surface area contributed by atoms with Gasteiger partial charge in [-0.25, -0.2) is 0 Å². The zero-order valence-electron chi connectivity index (χ0n) is 12.0. The van der Waals surface area contributed by atoms with E-state index in [1.54, 1.807) is 0 Å². The summed E-state index contributed by atoms with van der Waals surface area (Å²) < 4.78 is 38.2. The zero-order valence-corrected chi connectivity index (χ0v) is 12.8. The molecule has 124 valence electrons. The molecule has 2 unspecified atom stereocenters. The number of nitrogens with one attached hydrogen (secondary N) is 1. The molecule has 0 aromatic heterocycles. The first-order valence-electron chi connectivity index (χ1n) is 7.49. The van der Waals surface area contributed by atoms with Crippen LogP contribution in [-0.2, 0) is 4.79 Å². The van der Waals surface area contributed by atoms with E-state index in [4.69, 9.17) is 5.73 Å². The fourth-order valence-corrected chi connectivity index (χ4v) is 3.59. The highest BCUT2D eigenvalue weighted by Gasteiger charge is 2.43. The van der Waals surface area contributed by atoms with E-state index in [2.05, 4.69) is 5.32 Å². The summed E-state index contributed by atoms with van der Waals surface area (Å²) in [6.45, 7) is 0.480. The fraction of sp³-hybridized carbons (Fsp3) is 0.929. The van der Waals surface area contributed by atoms with Crippen molar-refractivity contribution in [3.63, 3.8) is 0 Å². The minimum atomic E-state index is -4.14. The summed E-state index contributed by atoms with van der Waals surface area (Å²) in [6, 6.07) is -0.332. The molecular weight excluding hydrogens is 305 g/mol. The lowest BCUT2D eigenvalue weighted by molar-refractivity contribution is -0.184. The number of hydrogen-bond donors (Lipinski definition) is 2. The largest absolute Gasteiger partial charge is 0.391 e. The highest BCUT2D eigenvalue weighted by Crippen LogP contribution is 2.38. The Bertz CT molecular complexity index is 352. The Balaban J connectivity index is 0.00000220. The van der Waals surface area contributed by atoms with Gasteiger partial charge in [0.2, 0.25) is 5.91 Å². The third-order valence-corrected chi connectivity index (χ3v) is 4.78. The Labute approximate surface area is 129 Å². The van der Waals surface area contributed by atoms with E-state index in [9.17, 15) is 18.0 Å². The van der Waals surface area contributed by atoms with Crippen molar-refractivity contribution in [3.05, 3.63) is 0 Å². The van der Waals surface area contributed by atoms with Gasteiger partial charge in [0.15, 0.2) is 0 Å². The number of nitrogens with two attached hydrogens (primary N) is 1. The van der Waals surface area contributed by atoms with Gasteiger partial charge in [-0.15, -0.1) is 12.4 Å². The Morgan fingerprint density at radius 2 is 1.81 bits per heavy atom. The van der Waals surface area contributed by atoms with E-state index in [0.717, 1.165) is 19.3 Å². The fourth-order valence-electron chi connectivity index (χ4n) is 3.59. The van der Waals surface area contributed by atoms with Crippen LogP contribution in [0.25, 0.3) is 0 Å². The molecule has 2 rings (SSSR count). The molecule has 0 aromatic carbocycles. The maximum absolute atomic E-state index is 12.7. The average molecular weight is 329 g/mol. The second-order valence-corrected chi connectivity index (χ2v) is 6.14. The molecule has 2 saturated carbocycles. The minimum Gasteiger partial charge on any atom is -0.353 e. The van der Waals surface area contributed by atoms with Gasteiger partial charge in [0.05, 0.1) is 5.92 Å². The van der Waals surface area contributed by atoms with Crippen LogP contribution in [-0.4, -0.2) is 24.7 Å². The summed E-state index contributed by atoms with van der Waals surface area (Å²) in [5, 5.41) is 2.83. The van der Waals surface area contributed by atoms with Gasteiger partial charge in [0.1, 0.15) is 0 Å². The minimum absolute atomic E-state index is 0. The van der Waals surface area contributed by atoms with E-state index in [1.807, 2.05) is 0 Å². The summed E-state index contributed by atoms with van der Waals surface area (Å²) >= 11 is 0. The Hall–Kier alpha value is -0.490.